The van der Waals surface area contributed by atoms with E-state index in [4.69, 9.17) is 12.6 Å². The number of phenolic OH excluding ortho intramolecular Hbond substituents is 1. The lowest BCUT2D eigenvalue weighted by molar-refractivity contribution is -0.123. The molecule has 3 N–H and O–H groups in total. The van der Waals surface area contributed by atoms with Crippen molar-refractivity contribution < 1.29 is 24.2 Å². The highest BCUT2D eigenvalue weighted by molar-refractivity contribution is 6.33. The molecule has 0 saturated carbocycles. The van der Waals surface area contributed by atoms with Crippen molar-refractivity contribution in [3.05, 3.63) is 23.3 Å². The standard InChI is InChI=1S/C12H9BN2O5/c1-20-8-4-6(13)2-5(9(8)16)3-7-10(17)14-12(19)15-11(7)18/h2-4,16H,1H3,(H2,14,15,17,18,19). The van der Waals surface area contributed by atoms with Gasteiger partial charge in [0.15, 0.2) is 11.5 Å². The topological polar surface area (TPSA) is 105 Å². The predicted octanol–water partition coefficient (Wildman–Crippen LogP) is -1.06. The zero-order valence-corrected chi connectivity index (χ0v) is 10.4. The van der Waals surface area contributed by atoms with Crippen molar-refractivity contribution in [1.29, 1.82) is 0 Å². The van der Waals surface area contributed by atoms with E-state index in [9.17, 15) is 19.5 Å². The lowest BCUT2D eigenvalue weighted by atomic mass is 9.92. The minimum absolute atomic E-state index is 0.101. The highest BCUT2D eigenvalue weighted by Crippen LogP contribution is 2.30. The largest absolute Gasteiger partial charge is 0.504 e. The molecule has 1 aromatic rings. The number of phenols is 1. The molecule has 2 radical (unpaired) electrons. The number of ether oxygens (including phenoxy) is 1. The highest BCUT2D eigenvalue weighted by Gasteiger charge is 2.28. The minimum atomic E-state index is -0.897. The van der Waals surface area contributed by atoms with Crippen LogP contribution in [0.3, 0.4) is 0 Å². The summed E-state index contributed by atoms with van der Waals surface area (Å²) < 4.78 is 4.91. The molecule has 7 nitrogen and oxygen atoms in total. The number of hydrogen-bond acceptors (Lipinski definition) is 5. The maximum absolute atomic E-state index is 11.6. The van der Waals surface area contributed by atoms with Gasteiger partial charge in [0.05, 0.1) is 7.11 Å². The molecule has 8 heteroatoms. The van der Waals surface area contributed by atoms with E-state index in [0.29, 0.717) is 0 Å². The van der Waals surface area contributed by atoms with Crippen LogP contribution in [-0.4, -0.2) is 37.9 Å². The van der Waals surface area contributed by atoms with Gasteiger partial charge in [-0.25, -0.2) is 4.79 Å². The first-order chi connectivity index (χ1) is 9.42. The molecule has 1 heterocycles. The van der Waals surface area contributed by atoms with Gasteiger partial charge in [0, 0.05) is 5.56 Å². The molecule has 0 atom stereocenters. The van der Waals surface area contributed by atoms with Crippen molar-refractivity contribution >= 4 is 37.2 Å². The average Bonchev–Trinajstić information content (AvgIpc) is 2.37. The van der Waals surface area contributed by atoms with Gasteiger partial charge in [-0.05, 0) is 12.1 Å². The zero-order chi connectivity index (χ0) is 14.9. The van der Waals surface area contributed by atoms with Crippen LogP contribution in [-0.2, 0) is 9.59 Å². The molecule has 20 heavy (non-hydrogen) atoms. The zero-order valence-electron chi connectivity index (χ0n) is 10.4. The van der Waals surface area contributed by atoms with E-state index >= 15 is 0 Å². The first-order valence-electron chi connectivity index (χ1n) is 5.47. The number of barbiturate groups is 1. The Kier molecular flexibility index (Phi) is 3.47. The molecule has 0 bridgehead atoms. The number of rotatable bonds is 2. The van der Waals surface area contributed by atoms with Crippen LogP contribution in [0.5, 0.6) is 11.5 Å². The fourth-order valence-corrected chi connectivity index (χ4v) is 1.68. The van der Waals surface area contributed by atoms with Crippen LogP contribution in [0.4, 0.5) is 4.79 Å². The number of carbonyl (C=O) groups is 3. The van der Waals surface area contributed by atoms with Crippen LogP contribution in [0, 0.1) is 0 Å². The number of hydrogen-bond donors (Lipinski definition) is 3. The van der Waals surface area contributed by atoms with Gasteiger partial charge in [-0.3, -0.25) is 20.2 Å². The molecule has 2 rings (SSSR count). The molecular weight excluding hydrogens is 263 g/mol. The number of methoxy groups -OCH3 is 1. The second-order valence-electron chi connectivity index (χ2n) is 3.96. The number of aromatic hydroxyl groups is 1. The molecule has 100 valence electrons. The number of carbonyl (C=O) groups excluding carboxylic acids is 3. The van der Waals surface area contributed by atoms with Crippen molar-refractivity contribution in [2.24, 2.45) is 0 Å². The summed E-state index contributed by atoms with van der Waals surface area (Å²) in [5, 5.41) is 13.8. The summed E-state index contributed by atoms with van der Waals surface area (Å²) in [6.45, 7) is 0. The second kappa shape index (κ2) is 5.08. The lowest BCUT2D eigenvalue weighted by Crippen LogP contribution is -2.51. The monoisotopic (exact) mass is 272 g/mol. The molecule has 0 aliphatic carbocycles. The fourth-order valence-electron chi connectivity index (χ4n) is 1.68. The number of amides is 4. The molecule has 1 fully saturated rings. The van der Waals surface area contributed by atoms with Crippen LogP contribution < -0.4 is 20.8 Å². The minimum Gasteiger partial charge on any atom is -0.504 e. The first kappa shape index (κ1) is 13.7. The molecule has 0 spiro atoms. The molecule has 0 unspecified atom stereocenters. The van der Waals surface area contributed by atoms with E-state index in [1.165, 1.54) is 19.2 Å². The molecular formula is C12H9BN2O5. The maximum Gasteiger partial charge on any atom is 0.328 e. The highest BCUT2D eigenvalue weighted by atomic mass is 16.5. The van der Waals surface area contributed by atoms with Crippen LogP contribution in [0.15, 0.2) is 17.7 Å². The number of imide groups is 2. The second-order valence-corrected chi connectivity index (χ2v) is 3.96. The Bertz CT molecular complexity index is 631. The van der Waals surface area contributed by atoms with Gasteiger partial charge < -0.3 is 9.84 Å². The third-order valence-corrected chi connectivity index (χ3v) is 2.59. The number of urea groups is 1. The van der Waals surface area contributed by atoms with E-state index in [1.54, 1.807) is 0 Å². The van der Waals surface area contributed by atoms with Crippen LogP contribution in [0.2, 0.25) is 0 Å². The van der Waals surface area contributed by atoms with Gasteiger partial charge in [-0.1, -0.05) is 11.5 Å². The number of benzene rings is 1. The van der Waals surface area contributed by atoms with E-state index < -0.39 is 17.8 Å². The fraction of sp³-hybridized carbons (Fsp3) is 0.0833. The Labute approximate surface area is 115 Å². The SMILES string of the molecule is [B]c1cc(C=C2C(=O)NC(=O)NC2=O)c(O)c(OC)c1. The summed E-state index contributed by atoms with van der Waals surface area (Å²) in [5.74, 6) is -1.89. The summed E-state index contributed by atoms with van der Waals surface area (Å²) in [7, 11) is 6.96. The van der Waals surface area contributed by atoms with Crippen molar-refractivity contribution in [1.82, 2.24) is 10.6 Å². The summed E-state index contributed by atoms with van der Waals surface area (Å²) >= 11 is 0. The van der Waals surface area contributed by atoms with Crippen molar-refractivity contribution in [3.8, 4) is 11.5 Å². The van der Waals surface area contributed by atoms with E-state index in [2.05, 4.69) is 0 Å². The van der Waals surface area contributed by atoms with Gasteiger partial charge in [0.1, 0.15) is 13.4 Å². The third-order valence-electron chi connectivity index (χ3n) is 2.59. The molecule has 1 saturated heterocycles. The molecule has 1 aliphatic rings. The smallest absolute Gasteiger partial charge is 0.328 e. The Morgan fingerprint density at radius 2 is 1.80 bits per heavy atom. The number of nitrogens with one attached hydrogen (secondary N) is 2. The van der Waals surface area contributed by atoms with Gasteiger partial charge in [0.2, 0.25) is 0 Å². The Hall–Kier alpha value is -2.77. The van der Waals surface area contributed by atoms with E-state index in [1.807, 2.05) is 10.6 Å². The van der Waals surface area contributed by atoms with E-state index in [-0.39, 0.29) is 28.1 Å². The van der Waals surface area contributed by atoms with Crippen molar-refractivity contribution in [2.75, 3.05) is 7.11 Å². The summed E-state index contributed by atoms with van der Waals surface area (Å²) in [6, 6.07) is 1.86. The quantitative estimate of drug-likeness (QED) is 0.362. The normalized spacial score (nSPS) is 14.7. The molecule has 0 aromatic heterocycles. The summed E-state index contributed by atoms with van der Waals surface area (Å²) in [6.07, 6.45) is 1.12. The summed E-state index contributed by atoms with van der Waals surface area (Å²) in [4.78, 5) is 34.1. The average molecular weight is 272 g/mol. The molecule has 4 amide bonds. The van der Waals surface area contributed by atoms with Gasteiger partial charge >= 0.3 is 6.03 Å². The molecule has 1 aliphatic heterocycles. The molecule has 1 aromatic carbocycles. The van der Waals surface area contributed by atoms with Crippen LogP contribution in [0.25, 0.3) is 6.08 Å². The maximum atomic E-state index is 11.6. The van der Waals surface area contributed by atoms with Crippen LogP contribution in [0.1, 0.15) is 5.56 Å². The Morgan fingerprint density at radius 1 is 1.20 bits per heavy atom. The van der Waals surface area contributed by atoms with Crippen molar-refractivity contribution in [3.63, 3.8) is 0 Å². The summed E-state index contributed by atoms with van der Waals surface area (Å²) in [5.41, 5.74) is 0.0725. The van der Waals surface area contributed by atoms with Crippen LogP contribution >= 0.6 is 0 Å². The Morgan fingerprint density at radius 3 is 2.35 bits per heavy atom. The van der Waals surface area contributed by atoms with Gasteiger partial charge in [-0.2, -0.15) is 0 Å². The Balaban J connectivity index is 2.50. The third kappa shape index (κ3) is 2.49. The first-order valence-corrected chi connectivity index (χ1v) is 5.47. The predicted molar refractivity (Wildman–Crippen MR) is 69.7 cm³/mol. The van der Waals surface area contributed by atoms with Gasteiger partial charge in [-0.15, -0.1) is 0 Å². The van der Waals surface area contributed by atoms with E-state index in [0.717, 1.165) is 6.08 Å². The van der Waals surface area contributed by atoms with Crippen molar-refractivity contribution in [2.45, 2.75) is 0 Å². The lowest BCUT2D eigenvalue weighted by Gasteiger charge is -2.15. The van der Waals surface area contributed by atoms with Gasteiger partial charge in [0.25, 0.3) is 11.8 Å².